The number of likely N-dealkylation sites (tertiary alicyclic amines) is 1. The van der Waals surface area contributed by atoms with E-state index in [1.54, 1.807) is 6.20 Å². The molecule has 1 aliphatic heterocycles. The SMILES string of the molecule is CC(C)(C)OC(=O)N1CCC(CNc2cccnc2)CC1. The van der Waals surface area contributed by atoms with Crippen LogP contribution in [0.25, 0.3) is 0 Å². The van der Waals surface area contributed by atoms with Gasteiger partial charge in [-0.1, -0.05) is 0 Å². The van der Waals surface area contributed by atoms with Gasteiger partial charge in [-0.15, -0.1) is 0 Å². The maximum absolute atomic E-state index is 12.0. The summed E-state index contributed by atoms with van der Waals surface area (Å²) in [5.74, 6) is 0.587. The van der Waals surface area contributed by atoms with Gasteiger partial charge >= 0.3 is 6.09 Å². The van der Waals surface area contributed by atoms with E-state index in [4.69, 9.17) is 4.74 Å². The number of carbonyl (C=O) groups excluding carboxylic acids is 1. The molecule has 1 fully saturated rings. The molecule has 21 heavy (non-hydrogen) atoms. The number of piperidine rings is 1. The molecule has 1 amide bonds. The summed E-state index contributed by atoms with van der Waals surface area (Å²) >= 11 is 0. The van der Waals surface area contributed by atoms with E-state index in [-0.39, 0.29) is 6.09 Å². The van der Waals surface area contributed by atoms with Crippen molar-refractivity contribution in [2.75, 3.05) is 25.0 Å². The van der Waals surface area contributed by atoms with E-state index in [1.165, 1.54) is 0 Å². The lowest BCUT2D eigenvalue weighted by atomic mass is 9.97. The van der Waals surface area contributed by atoms with Crippen molar-refractivity contribution in [3.05, 3.63) is 24.5 Å². The van der Waals surface area contributed by atoms with Crippen LogP contribution in [-0.4, -0.2) is 41.2 Å². The van der Waals surface area contributed by atoms with E-state index in [0.29, 0.717) is 5.92 Å². The molecular formula is C16H25N3O2. The van der Waals surface area contributed by atoms with Crippen LogP contribution in [0.1, 0.15) is 33.6 Å². The van der Waals surface area contributed by atoms with Gasteiger partial charge in [-0.05, 0) is 51.7 Å². The standard InChI is InChI=1S/C16H25N3O2/c1-16(2,3)21-15(20)19-9-6-13(7-10-19)11-18-14-5-4-8-17-12-14/h4-5,8,12-13,18H,6-7,9-11H2,1-3H3. The highest BCUT2D eigenvalue weighted by atomic mass is 16.6. The third-order valence-electron chi connectivity index (χ3n) is 3.52. The highest BCUT2D eigenvalue weighted by molar-refractivity contribution is 5.68. The Morgan fingerprint density at radius 3 is 2.71 bits per heavy atom. The van der Waals surface area contributed by atoms with Crippen molar-refractivity contribution >= 4 is 11.8 Å². The smallest absolute Gasteiger partial charge is 0.410 e. The maximum Gasteiger partial charge on any atom is 0.410 e. The van der Waals surface area contributed by atoms with E-state index in [2.05, 4.69) is 10.3 Å². The van der Waals surface area contributed by atoms with Gasteiger partial charge in [0.25, 0.3) is 0 Å². The third kappa shape index (κ3) is 5.25. The summed E-state index contributed by atoms with van der Waals surface area (Å²) in [5.41, 5.74) is 0.627. The van der Waals surface area contributed by atoms with Crippen LogP contribution in [0.2, 0.25) is 0 Å². The van der Waals surface area contributed by atoms with Gasteiger partial charge < -0.3 is 15.0 Å². The molecule has 1 N–H and O–H groups in total. The predicted octanol–water partition coefficient (Wildman–Crippen LogP) is 3.14. The first kappa shape index (κ1) is 15.6. The molecule has 0 atom stereocenters. The molecule has 1 saturated heterocycles. The van der Waals surface area contributed by atoms with E-state index in [0.717, 1.165) is 38.2 Å². The summed E-state index contributed by atoms with van der Waals surface area (Å²) in [5, 5.41) is 3.40. The van der Waals surface area contributed by atoms with Crippen LogP contribution >= 0.6 is 0 Å². The Labute approximate surface area is 126 Å². The molecule has 1 aromatic rings. The van der Waals surface area contributed by atoms with Crippen LogP contribution in [0.4, 0.5) is 10.5 Å². The number of aromatic nitrogens is 1. The van der Waals surface area contributed by atoms with Crippen molar-refractivity contribution in [2.24, 2.45) is 5.92 Å². The fraction of sp³-hybridized carbons (Fsp3) is 0.625. The Hall–Kier alpha value is -1.78. The Morgan fingerprint density at radius 2 is 2.14 bits per heavy atom. The van der Waals surface area contributed by atoms with Crippen molar-refractivity contribution in [1.29, 1.82) is 0 Å². The number of nitrogens with zero attached hydrogens (tertiary/aromatic N) is 2. The lowest BCUT2D eigenvalue weighted by Gasteiger charge is -2.33. The zero-order valence-electron chi connectivity index (χ0n) is 13.1. The lowest BCUT2D eigenvalue weighted by molar-refractivity contribution is 0.0188. The number of nitrogens with one attached hydrogen (secondary N) is 1. The maximum atomic E-state index is 12.0. The topological polar surface area (TPSA) is 54.5 Å². The zero-order chi connectivity index (χ0) is 15.3. The zero-order valence-corrected chi connectivity index (χ0v) is 13.1. The number of carbonyl (C=O) groups is 1. The van der Waals surface area contributed by atoms with Gasteiger partial charge in [-0.25, -0.2) is 4.79 Å². The van der Waals surface area contributed by atoms with E-state index in [9.17, 15) is 4.79 Å². The minimum absolute atomic E-state index is 0.193. The minimum Gasteiger partial charge on any atom is -0.444 e. The first-order valence-corrected chi connectivity index (χ1v) is 7.56. The molecule has 2 heterocycles. The van der Waals surface area contributed by atoms with Gasteiger partial charge in [-0.3, -0.25) is 4.98 Å². The number of anilines is 1. The van der Waals surface area contributed by atoms with Crippen molar-refractivity contribution < 1.29 is 9.53 Å². The van der Waals surface area contributed by atoms with Crippen LogP contribution < -0.4 is 5.32 Å². The van der Waals surface area contributed by atoms with E-state index < -0.39 is 5.60 Å². The van der Waals surface area contributed by atoms with Gasteiger partial charge in [0.15, 0.2) is 0 Å². The molecule has 0 aromatic carbocycles. The lowest BCUT2D eigenvalue weighted by Crippen LogP contribution is -2.42. The fourth-order valence-corrected chi connectivity index (χ4v) is 2.38. The van der Waals surface area contributed by atoms with Gasteiger partial charge in [0.05, 0.1) is 5.69 Å². The molecule has 116 valence electrons. The predicted molar refractivity (Wildman–Crippen MR) is 83.3 cm³/mol. The van der Waals surface area contributed by atoms with E-state index in [1.807, 2.05) is 44.0 Å². The number of amides is 1. The molecule has 1 aliphatic rings. The Kier molecular flexibility index (Phi) is 5.04. The van der Waals surface area contributed by atoms with E-state index >= 15 is 0 Å². The first-order chi connectivity index (χ1) is 9.94. The summed E-state index contributed by atoms with van der Waals surface area (Å²) in [6, 6.07) is 3.94. The number of ether oxygens (including phenoxy) is 1. The normalized spacial score (nSPS) is 16.6. The minimum atomic E-state index is -0.421. The molecule has 0 spiro atoms. The Bertz CT molecular complexity index is 448. The Balaban J connectivity index is 1.72. The summed E-state index contributed by atoms with van der Waals surface area (Å²) in [6.45, 7) is 8.16. The van der Waals surface area contributed by atoms with Crippen LogP contribution in [0.5, 0.6) is 0 Å². The molecule has 0 radical (unpaired) electrons. The summed E-state index contributed by atoms with van der Waals surface area (Å²) in [7, 11) is 0. The Morgan fingerprint density at radius 1 is 1.43 bits per heavy atom. The van der Waals surface area contributed by atoms with Gasteiger partial charge in [0.2, 0.25) is 0 Å². The highest BCUT2D eigenvalue weighted by Gasteiger charge is 2.26. The van der Waals surface area contributed by atoms with Gasteiger partial charge in [-0.2, -0.15) is 0 Å². The molecule has 5 nitrogen and oxygen atoms in total. The molecule has 5 heteroatoms. The molecule has 2 rings (SSSR count). The van der Waals surface area contributed by atoms with Crippen LogP contribution in [-0.2, 0) is 4.74 Å². The van der Waals surface area contributed by atoms with Crippen molar-refractivity contribution in [2.45, 2.75) is 39.2 Å². The fourth-order valence-electron chi connectivity index (χ4n) is 2.38. The summed E-state index contributed by atoms with van der Waals surface area (Å²) in [6.07, 6.45) is 5.42. The average molecular weight is 291 g/mol. The third-order valence-corrected chi connectivity index (χ3v) is 3.52. The van der Waals surface area contributed by atoms with Gasteiger partial charge in [0.1, 0.15) is 5.60 Å². The monoisotopic (exact) mass is 291 g/mol. The second-order valence-corrected chi connectivity index (χ2v) is 6.53. The highest BCUT2D eigenvalue weighted by Crippen LogP contribution is 2.20. The summed E-state index contributed by atoms with van der Waals surface area (Å²) in [4.78, 5) is 17.9. The molecule has 0 unspecified atom stereocenters. The number of rotatable bonds is 3. The van der Waals surface area contributed by atoms with Crippen LogP contribution in [0.3, 0.4) is 0 Å². The molecular weight excluding hydrogens is 266 g/mol. The molecule has 0 aliphatic carbocycles. The van der Waals surface area contributed by atoms with Crippen molar-refractivity contribution in [3.8, 4) is 0 Å². The second kappa shape index (κ2) is 6.78. The van der Waals surface area contributed by atoms with Crippen molar-refractivity contribution in [3.63, 3.8) is 0 Å². The number of hydrogen-bond acceptors (Lipinski definition) is 4. The number of pyridine rings is 1. The summed E-state index contributed by atoms with van der Waals surface area (Å²) < 4.78 is 5.40. The van der Waals surface area contributed by atoms with Crippen LogP contribution in [0.15, 0.2) is 24.5 Å². The molecule has 1 aromatic heterocycles. The van der Waals surface area contributed by atoms with Gasteiger partial charge in [0, 0.05) is 32.0 Å². The quantitative estimate of drug-likeness (QED) is 0.929. The molecule has 0 saturated carbocycles. The average Bonchev–Trinajstić information content (AvgIpc) is 2.45. The van der Waals surface area contributed by atoms with Crippen LogP contribution in [0, 0.1) is 5.92 Å². The molecule has 0 bridgehead atoms. The second-order valence-electron chi connectivity index (χ2n) is 6.53. The van der Waals surface area contributed by atoms with Crippen molar-refractivity contribution in [1.82, 2.24) is 9.88 Å². The number of hydrogen-bond donors (Lipinski definition) is 1. The first-order valence-electron chi connectivity index (χ1n) is 7.56. The largest absolute Gasteiger partial charge is 0.444 e.